The third kappa shape index (κ3) is 3.04. The summed E-state index contributed by atoms with van der Waals surface area (Å²) in [7, 11) is 1.60. The van der Waals surface area contributed by atoms with Crippen LogP contribution in [0.1, 0.15) is 23.7 Å². The Labute approximate surface area is 112 Å². The lowest BCUT2D eigenvalue weighted by Gasteiger charge is -2.16. The van der Waals surface area contributed by atoms with Crippen LogP contribution in [0.3, 0.4) is 0 Å². The van der Waals surface area contributed by atoms with Crippen molar-refractivity contribution in [2.75, 3.05) is 25.5 Å². The summed E-state index contributed by atoms with van der Waals surface area (Å²) in [6.45, 7) is 3.30. The molecule has 19 heavy (non-hydrogen) atoms. The first kappa shape index (κ1) is 13.8. The second-order valence-electron chi connectivity index (χ2n) is 4.75. The third-order valence-electron chi connectivity index (χ3n) is 3.57. The van der Waals surface area contributed by atoms with Crippen LogP contribution in [0, 0.1) is 11.7 Å². The van der Waals surface area contributed by atoms with Crippen LogP contribution in [0.25, 0.3) is 0 Å². The predicted octanol–water partition coefficient (Wildman–Crippen LogP) is 2.02. The van der Waals surface area contributed by atoms with Crippen LogP contribution >= 0.6 is 0 Å². The largest absolute Gasteiger partial charge is 0.385 e. The molecule has 0 bridgehead atoms. The summed E-state index contributed by atoms with van der Waals surface area (Å²) in [5.74, 6) is -0.355. The second kappa shape index (κ2) is 6.02. The monoisotopic (exact) mass is 266 g/mol. The molecule has 1 aliphatic rings. The van der Waals surface area contributed by atoms with Crippen molar-refractivity contribution in [3.63, 3.8) is 0 Å². The fraction of sp³-hybridized carbons (Fsp3) is 0.500. The fourth-order valence-corrected chi connectivity index (χ4v) is 2.33. The van der Waals surface area contributed by atoms with Crippen LogP contribution in [0.4, 0.5) is 10.1 Å². The second-order valence-corrected chi connectivity index (χ2v) is 4.75. The molecule has 0 spiro atoms. The molecule has 1 saturated heterocycles. The van der Waals surface area contributed by atoms with Gasteiger partial charge in [-0.15, -0.1) is 0 Å². The van der Waals surface area contributed by atoms with Gasteiger partial charge in [0, 0.05) is 26.1 Å². The summed E-state index contributed by atoms with van der Waals surface area (Å²) in [5, 5.41) is 5.57. The highest BCUT2D eigenvalue weighted by Gasteiger charge is 2.25. The molecular formula is C14H19FN2O2. The first-order valence-electron chi connectivity index (χ1n) is 6.49. The van der Waals surface area contributed by atoms with Crippen molar-refractivity contribution in [2.24, 2.45) is 5.92 Å². The van der Waals surface area contributed by atoms with Gasteiger partial charge in [-0.2, -0.15) is 0 Å². The molecular weight excluding hydrogens is 247 g/mol. The average Bonchev–Trinajstić information content (AvgIpc) is 2.81. The molecule has 1 heterocycles. The summed E-state index contributed by atoms with van der Waals surface area (Å²) in [5.41, 5.74) is 0.560. The van der Waals surface area contributed by atoms with Crippen LogP contribution in [-0.2, 0) is 4.74 Å². The van der Waals surface area contributed by atoms with E-state index >= 15 is 0 Å². The molecule has 1 aromatic carbocycles. The summed E-state index contributed by atoms with van der Waals surface area (Å²) < 4.78 is 19.0. The standard InChI is InChI=1S/C14H19FN2O2/c1-9-10(6-7-19-9)8-17-14(18)11-4-3-5-12(15)13(11)16-2/h3-5,9-10,16H,6-8H2,1-2H3,(H,17,18). The number of para-hydroxylation sites is 1. The molecule has 2 atom stereocenters. The fourth-order valence-electron chi connectivity index (χ4n) is 2.33. The topological polar surface area (TPSA) is 50.4 Å². The van der Waals surface area contributed by atoms with E-state index < -0.39 is 5.82 Å². The predicted molar refractivity (Wildman–Crippen MR) is 71.8 cm³/mol. The first-order chi connectivity index (χ1) is 9.13. The van der Waals surface area contributed by atoms with E-state index in [1.165, 1.54) is 12.1 Å². The SMILES string of the molecule is CNc1c(F)cccc1C(=O)NCC1CCOC1C. The minimum absolute atomic E-state index is 0.164. The molecule has 0 aromatic heterocycles. The zero-order chi connectivity index (χ0) is 13.8. The molecule has 0 radical (unpaired) electrons. The van der Waals surface area contributed by atoms with Gasteiger partial charge in [0.25, 0.3) is 5.91 Å². The Balaban J connectivity index is 2.02. The first-order valence-corrected chi connectivity index (χ1v) is 6.49. The number of hydrogen-bond donors (Lipinski definition) is 2. The molecule has 0 saturated carbocycles. The number of anilines is 1. The Morgan fingerprint density at radius 3 is 2.95 bits per heavy atom. The Kier molecular flexibility index (Phi) is 4.37. The molecule has 2 unspecified atom stereocenters. The van der Waals surface area contributed by atoms with E-state index in [4.69, 9.17) is 4.74 Å². The Hall–Kier alpha value is -1.62. The van der Waals surface area contributed by atoms with Gasteiger partial charge in [0.2, 0.25) is 0 Å². The van der Waals surface area contributed by atoms with E-state index in [1.807, 2.05) is 6.92 Å². The molecule has 1 amide bonds. The van der Waals surface area contributed by atoms with Crippen molar-refractivity contribution in [1.82, 2.24) is 5.32 Å². The Morgan fingerprint density at radius 2 is 2.32 bits per heavy atom. The van der Waals surface area contributed by atoms with Gasteiger partial charge in [-0.05, 0) is 25.5 Å². The van der Waals surface area contributed by atoms with Gasteiger partial charge in [-0.3, -0.25) is 4.79 Å². The van der Waals surface area contributed by atoms with E-state index in [2.05, 4.69) is 10.6 Å². The van der Waals surface area contributed by atoms with Crippen molar-refractivity contribution < 1.29 is 13.9 Å². The number of rotatable bonds is 4. The van der Waals surface area contributed by atoms with E-state index in [9.17, 15) is 9.18 Å². The third-order valence-corrected chi connectivity index (χ3v) is 3.57. The maximum atomic E-state index is 13.6. The van der Waals surface area contributed by atoms with Gasteiger partial charge in [0.15, 0.2) is 0 Å². The van der Waals surface area contributed by atoms with Gasteiger partial charge < -0.3 is 15.4 Å². The van der Waals surface area contributed by atoms with E-state index in [-0.39, 0.29) is 17.7 Å². The Morgan fingerprint density at radius 1 is 1.53 bits per heavy atom. The summed E-state index contributed by atoms with van der Waals surface area (Å²) in [4.78, 5) is 12.1. The van der Waals surface area contributed by atoms with Gasteiger partial charge in [0.1, 0.15) is 5.82 Å². The minimum atomic E-state index is -0.423. The van der Waals surface area contributed by atoms with E-state index in [1.54, 1.807) is 13.1 Å². The number of halogens is 1. The molecule has 1 fully saturated rings. The highest BCUT2D eigenvalue weighted by Crippen LogP contribution is 2.21. The van der Waals surface area contributed by atoms with Crippen molar-refractivity contribution >= 4 is 11.6 Å². The van der Waals surface area contributed by atoms with Crippen LogP contribution in [0.2, 0.25) is 0 Å². The van der Waals surface area contributed by atoms with Gasteiger partial charge >= 0.3 is 0 Å². The van der Waals surface area contributed by atoms with Gasteiger partial charge in [-0.25, -0.2) is 4.39 Å². The number of amides is 1. The summed E-state index contributed by atoms with van der Waals surface area (Å²) >= 11 is 0. The number of hydrogen-bond acceptors (Lipinski definition) is 3. The van der Waals surface area contributed by atoms with Gasteiger partial charge in [-0.1, -0.05) is 6.07 Å². The van der Waals surface area contributed by atoms with Crippen LogP contribution in [0.15, 0.2) is 18.2 Å². The normalized spacial score (nSPS) is 22.3. The molecule has 2 N–H and O–H groups in total. The molecule has 4 nitrogen and oxygen atoms in total. The van der Waals surface area contributed by atoms with Crippen LogP contribution in [0.5, 0.6) is 0 Å². The number of ether oxygens (including phenoxy) is 1. The van der Waals surface area contributed by atoms with E-state index in [0.29, 0.717) is 18.0 Å². The van der Waals surface area contributed by atoms with Crippen molar-refractivity contribution in [3.8, 4) is 0 Å². The summed E-state index contributed by atoms with van der Waals surface area (Å²) in [6, 6.07) is 4.47. The number of carbonyl (C=O) groups is 1. The molecule has 0 aliphatic carbocycles. The lowest BCUT2D eigenvalue weighted by atomic mass is 10.0. The lowest BCUT2D eigenvalue weighted by Crippen LogP contribution is -2.32. The molecule has 1 aromatic rings. The maximum absolute atomic E-state index is 13.6. The van der Waals surface area contributed by atoms with Crippen molar-refractivity contribution in [1.29, 1.82) is 0 Å². The van der Waals surface area contributed by atoms with E-state index in [0.717, 1.165) is 13.0 Å². The van der Waals surface area contributed by atoms with Crippen molar-refractivity contribution in [2.45, 2.75) is 19.4 Å². The molecule has 2 rings (SSSR count). The maximum Gasteiger partial charge on any atom is 0.253 e. The van der Waals surface area contributed by atoms with Crippen LogP contribution in [-0.4, -0.2) is 32.2 Å². The molecule has 1 aliphatic heterocycles. The van der Waals surface area contributed by atoms with Gasteiger partial charge in [0.05, 0.1) is 17.4 Å². The number of nitrogens with one attached hydrogen (secondary N) is 2. The summed E-state index contributed by atoms with van der Waals surface area (Å²) in [6.07, 6.45) is 1.11. The lowest BCUT2D eigenvalue weighted by molar-refractivity contribution is 0.0907. The number of carbonyl (C=O) groups excluding carboxylic acids is 1. The smallest absolute Gasteiger partial charge is 0.253 e. The van der Waals surface area contributed by atoms with Crippen LogP contribution < -0.4 is 10.6 Å². The molecule has 5 heteroatoms. The Bertz CT molecular complexity index is 465. The zero-order valence-corrected chi connectivity index (χ0v) is 11.2. The minimum Gasteiger partial charge on any atom is -0.385 e. The average molecular weight is 266 g/mol. The molecule has 104 valence electrons. The quantitative estimate of drug-likeness (QED) is 0.876. The van der Waals surface area contributed by atoms with Crippen molar-refractivity contribution in [3.05, 3.63) is 29.6 Å². The highest BCUT2D eigenvalue weighted by atomic mass is 19.1. The number of benzene rings is 1. The highest BCUT2D eigenvalue weighted by molar-refractivity contribution is 5.99. The zero-order valence-electron chi connectivity index (χ0n) is 11.2.